The molecule has 0 N–H and O–H groups in total. The molecule has 8 aromatic carbocycles. The number of anilines is 3. The van der Waals surface area contributed by atoms with Crippen molar-refractivity contribution in [1.82, 2.24) is 0 Å². The average Bonchev–Trinajstić information content (AvgIpc) is 3.83. The van der Waals surface area contributed by atoms with E-state index >= 15 is 0 Å². The van der Waals surface area contributed by atoms with E-state index in [0.29, 0.717) is 0 Å². The summed E-state index contributed by atoms with van der Waals surface area (Å²) < 4.78 is 0. The summed E-state index contributed by atoms with van der Waals surface area (Å²) in [5.41, 5.74) is 25.5. The van der Waals surface area contributed by atoms with E-state index in [9.17, 15) is 0 Å². The quantitative estimate of drug-likeness (QED) is 0.171. The van der Waals surface area contributed by atoms with Crippen molar-refractivity contribution in [3.8, 4) is 44.5 Å². The van der Waals surface area contributed by atoms with E-state index in [1.165, 1.54) is 94.6 Å². The lowest BCUT2D eigenvalue weighted by molar-refractivity contribution is 0.584. The Bertz CT molecular complexity index is 3130. The van der Waals surface area contributed by atoms with Crippen molar-refractivity contribution in [3.05, 3.63) is 220 Å². The van der Waals surface area contributed by atoms with Gasteiger partial charge >= 0.3 is 0 Å². The van der Waals surface area contributed by atoms with Crippen LogP contribution in [0.15, 0.2) is 170 Å². The molecule has 3 aliphatic rings. The van der Waals surface area contributed by atoms with Crippen LogP contribution in [0.2, 0.25) is 0 Å². The summed E-state index contributed by atoms with van der Waals surface area (Å²) in [6.45, 7) is 25.9. The van der Waals surface area contributed by atoms with Gasteiger partial charge in [0.05, 0.1) is 5.41 Å². The number of hydrogen-bond acceptors (Lipinski definition) is 1. The minimum atomic E-state index is -0.533. The SMILES string of the molecule is CC(C)(C)c1ccc2c(c1)C1(c3cc(N(c4cccc(-c5ccccc5)c4)c4ccc5c(c4)C(C)(C)c4ccccc4-5)ccc3-2)c2cc(C(C)(C)C)ccc2-c2ccc(C(C)(C)C)cc21. The Balaban J connectivity index is 1.22. The van der Waals surface area contributed by atoms with Crippen molar-refractivity contribution in [1.29, 1.82) is 0 Å². The van der Waals surface area contributed by atoms with Crippen molar-refractivity contribution in [2.45, 2.75) is 103 Å². The maximum atomic E-state index is 2.57. The molecule has 0 saturated carbocycles. The average molecular weight is 844 g/mol. The van der Waals surface area contributed by atoms with Gasteiger partial charge in [-0.05, 0) is 147 Å². The van der Waals surface area contributed by atoms with Crippen LogP contribution in [0, 0.1) is 0 Å². The van der Waals surface area contributed by atoms with Gasteiger partial charge in [0, 0.05) is 22.5 Å². The first kappa shape index (κ1) is 41.3. The van der Waals surface area contributed by atoms with Crippen LogP contribution < -0.4 is 4.90 Å². The molecule has 8 aromatic rings. The van der Waals surface area contributed by atoms with Crippen LogP contribution in [-0.2, 0) is 27.1 Å². The van der Waals surface area contributed by atoms with Gasteiger partial charge in [-0.25, -0.2) is 0 Å². The fourth-order valence-corrected chi connectivity index (χ4v) is 11.5. The summed E-state index contributed by atoms with van der Waals surface area (Å²) in [4.78, 5) is 2.53. The number of nitrogens with zero attached hydrogens (tertiary/aromatic N) is 1. The normalized spacial score (nSPS) is 14.9. The molecule has 1 nitrogen and oxygen atoms in total. The van der Waals surface area contributed by atoms with E-state index in [2.05, 4.69) is 251 Å². The van der Waals surface area contributed by atoms with Gasteiger partial charge < -0.3 is 4.90 Å². The summed E-state index contributed by atoms with van der Waals surface area (Å²) in [6.07, 6.45) is 0. The molecule has 0 aromatic heterocycles. The molecule has 0 amide bonds. The zero-order valence-corrected chi connectivity index (χ0v) is 40.1. The molecule has 0 heterocycles. The molecular weight excluding hydrogens is 783 g/mol. The highest BCUT2D eigenvalue weighted by Crippen LogP contribution is 2.65. The lowest BCUT2D eigenvalue weighted by Gasteiger charge is -2.34. The summed E-state index contributed by atoms with van der Waals surface area (Å²) in [5.74, 6) is 0. The topological polar surface area (TPSA) is 3.24 Å². The Morgan fingerprint density at radius 2 is 0.692 bits per heavy atom. The lowest BCUT2D eigenvalue weighted by Crippen LogP contribution is -2.28. The van der Waals surface area contributed by atoms with E-state index in [1.807, 2.05) is 0 Å². The maximum absolute atomic E-state index is 2.57. The zero-order valence-electron chi connectivity index (χ0n) is 40.1. The maximum Gasteiger partial charge on any atom is 0.0726 e. The Morgan fingerprint density at radius 3 is 1.20 bits per heavy atom. The molecule has 1 spiro atoms. The summed E-state index contributed by atoms with van der Waals surface area (Å²) in [5, 5.41) is 0. The second kappa shape index (κ2) is 14.0. The van der Waals surface area contributed by atoms with Crippen molar-refractivity contribution in [3.63, 3.8) is 0 Å². The monoisotopic (exact) mass is 843 g/mol. The molecule has 0 atom stereocenters. The van der Waals surface area contributed by atoms with Crippen molar-refractivity contribution in [2.24, 2.45) is 0 Å². The van der Waals surface area contributed by atoms with Gasteiger partial charge in [0.15, 0.2) is 0 Å². The number of benzene rings is 8. The van der Waals surface area contributed by atoms with Gasteiger partial charge in [0.1, 0.15) is 0 Å². The second-order valence-electron chi connectivity index (χ2n) is 22.7. The van der Waals surface area contributed by atoms with Crippen molar-refractivity contribution in [2.75, 3.05) is 4.90 Å². The van der Waals surface area contributed by atoms with Gasteiger partial charge in [0.2, 0.25) is 0 Å². The van der Waals surface area contributed by atoms with Crippen LogP contribution in [-0.4, -0.2) is 0 Å². The van der Waals surface area contributed by atoms with E-state index in [0.717, 1.165) is 17.1 Å². The van der Waals surface area contributed by atoms with Crippen LogP contribution in [0.4, 0.5) is 17.1 Å². The van der Waals surface area contributed by atoms with Gasteiger partial charge in [0.25, 0.3) is 0 Å². The van der Waals surface area contributed by atoms with Crippen molar-refractivity contribution >= 4 is 17.1 Å². The first-order chi connectivity index (χ1) is 30.9. The number of rotatable bonds is 4. The van der Waals surface area contributed by atoms with Crippen LogP contribution in [0.5, 0.6) is 0 Å². The predicted octanol–water partition coefficient (Wildman–Crippen LogP) is 17.4. The van der Waals surface area contributed by atoms with Gasteiger partial charge in [-0.15, -0.1) is 0 Å². The molecule has 65 heavy (non-hydrogen) atoms. The van der Waals surface area contributed by atoms with Gasteiger partial charge in [-0.3, -0.25) is 0 Å². The van der Waals surface area contributed by atoms with Crippen LogP contribution in [0.3, 0.4) is 0 Å². The highest BCUT2D eigenvalue weighted by molar-refractivity contribution is 5.97. The highest BCUT2D eigenvalue weighted by atomic mass is 15.1. The Morgan fingerprint density at radius 1 is 0.308 bits per heavy atom. The van der Waals surface area contributed by atoms with E-state index in [-0.39, 0.29) is 21.7 Å². The van der Waals surface area contributed by atoms with Crippen molar-refractivity contribution < 1.29 is 0 Å². The molecule has 322 valence electrons. The molecule has 0 aliphatic heterocycles. The zero-order chi connectivity index (χ0) is 45.4. The Hall–Kier alpha value is -6.44. The molecule has 0 bridgehead atoms. The van der Waals surface area contributed by atoms with E-state index in [1.54, 1.807) is 0 Å². The fraction of sp³-hybridized carbons (Fsp3) is 0.250. The van der Waals surface area contributed by atoms with Gasteiger partial charge in [-0.2, -0.15) is 0 Å². The van der Waals surface area contributed by atoms with E-state index < -0.39 is 5.41 Å². The standard InChI is InChI=1S/C64H61N/c1-60(2,3)42-24-29-50-51-30-25-43(61(4,5)6)36-57(51)64(56(50)35-42)58-37-44(62(7,8)9)26-31-52(58)53-33-28-47(39-59(53)64)65(45-21-17-20-41(34-45)40-18-13-12-14-19-40)46-27-32-49-48-22-15-16-23-54(48)63(10,11)55(49)38-46/h12-39H,1-11H3. The summed E-state index contributed by atoms with van der Waals surface area (Å²) in [6, 6.07) is 65.7. The van der Waals surface area contributed by atoms with Crippen LogP contribution in [0.25, 0.3) is 44.5 Å². The highest BCUT2D eigenvalue weighted by Gasteiger charge is 2.53. The minimum absolute atomic E-state index is 0.0253. The smallest absolute Gasteiger partial charge is 0.0726 e. The van der Waals surface area contributed by atoms with Crippen LogP contribution in [0.1, 0.15) is 126 Å². The van der Waals surface area contributed by atoms with Gasteiger partial charge in [-0.1, -0.05) is 210 Å². The molecule has 0 unspecified atom stereocenters. The number of hydrogen-bond donors (Lipinski definition) is 0. The summed E-state index contributed by atoms with van der Waals surface area (Å²) in [7, 11) is 0. The van der Waals surface area contributed by atoms with Crippen LogP contribution >= 0.6 is 0 Å². The summed E-state index contributed by atoms with van der Waals surface area (Å²) >= 11 is 0. The van der Waals surface area contributed by atoms with E-state index in [4.69, 9.17) is 0 Å². The fourth-order valence-electron chi connectivity index (χ4n) is 11.5. The molecule has 0 radical (unpaired) electrons. The molecular formula is C64H61N. The Kier molecular flexibility index (Phi) is 8.91. The number of fused-ring (bicyclic) bond motifs is 13. The largest absolute Gasteiger partial charge is 0.310 e. The third-order valence-corrected chi connectivity index (χ3v) is 15.2. The first-order valence-electron chi connectivity index (χ1n) is 23.7. The third-order valence-electron chi connectivity index (χ3n) is 15.2. The second-order valence-corrected chi connectivity index (χ2v) is 22.7. The molecule has 1 heteroatoms. The molecule has 11 rings (SSSR count). The minimum Gasteiger partial charge on any atom is -0.310 e. The molecule has 0 saturated heterocycles. The molecule has 0 fully saturated rings. The predicted molar refractivity (Wildman–Crippen MR) is 277 cm³/mol. The first-order valence-corrected chi connectivity index (χ1v) is 23.7. The molecule has 3 aliphatic carbocycles. The Labute approximate surface area is 387 Å². The third kappa shape index (κ3) is 6.18. The lowest BCUT2D eigenvalue weighted by atomic mass is 9.68.